The molecule has 0 atom stereocenters. The van der Waals surface area contributed by atoms with Crippen molar-refractivity contribution in [1.29, 1.82) is 0 Å². The van der Waals surface area contributed by atoms with Gasteiger partial charge in [0.15, 0.2) is 0 Å². The molecule has 0 aliphatic carbocycles. The minimum atomic E-state index is -0.244. The summed E-state index contributed by atoms with van der Waals surface area (Å²) in [5.74, 6) is -0.244. The first-order valence-corrected chi connectivity index (χ1v) is 5.50. The summed E-state index contributed by atoms with van der Waals surface area (Å²) in [6.45, 7) is 0.797. The van der Waals surface area contributed by atoms with E-state index in [9.17, 15) is 4.79 Å². The molecule has 1 amide bonds. The van der Waals surface area contributed by atoms with Gasteiger partial charge in [0.1, 0.15) is 6.73 Å². The van der Waals surface area contributed by atoms with Crippen molar-refractivity contribution < 1.29 is 19.1 Å². The van der Waals surface area contributed by atoms with Crippen LogP contribution in [0, 0.1) is 0 Å². The predicted octanol–water partition coefficient (Wildman–Crippen LogP) is 0.309. The van der Waals surface area contributed by atoms with Crippen molar-refractivity contribution in [3.05, 3.63) is 17.5 Å². The Hall–Kier alpha value is -1.44. The first kappa shape index (κ1) is 14.6. The van der Waals surface area contributed by atoms with E-state index in [-0.39, 0.29) is 5.91 Å². The van der Waals surface area contributed by atoms with Crippen molar-refractivity contribution in [2.24, 2.45) is 0 Å². The number of amides is 1. The molecule has 0 N–H and O–H groups in total. The fourth-order valence-corrected chi connectivity index (χ4v) is 1.47. The summed E-state index contributed by atoms with van der Waals surface area (Å²) in [5, 5.41) is 5.44. The molecule has 1 aromatic rings. The lowest BCUT2D eigenvalue weighted by molar-refractivity contribution is -0.0757. The summed E-state index contributed by atoms with van der Waals surface area (Å²) < 4.78 is 11.6. The molecular formula is C11H19N3O4. The van der Waals surface area contributed by atoms with Crippen LogP contribution >= 0.6 is 0 Å². The molecule has 7 heteroatoms. The quantitative estimate of drug-likeness (QED) is 0.658. The van der Waals surface area contributed by atoms with Gasteiger partial charge in [-0.3, -0.25) is 9.63 Å². The average molecular weight is 257 g/mol. The van der Waals surface area contributed by atoms with Crippen molar-refractivity contribution in [2.75, 3.05) is 35.0 Å². The highest BCUT2D eigenvalue weighted by atomic mass is 16.7. The van der Waals surface area contributed by atoms with Gasteiger partial charge in [-0.15, -0.1) is 0 Å². The SMILES string of the molecule is COCCc1nn(COC)cc1C(=O)N(C)OC. The maximum absolute atomic E-state index is 12.0. The van der Waals surface area contributed by atoms with Gasteiger partial charge >= 0.3 is 0 Å². The van der Waals surface area contributed by atoms with Gasteiger partial charge < -0.3 is 9.47 Å². The molecule has 0 bridgehead atoms. The van der Waals surface area contributed by atoms with Gasteiger partial charge in [0.2, 0.25) is 0 Å². The van der Waals surface area contributed by atoms with Crippen LogP contribution in [0.2, 0.25) is 0 Å². The van der Waals surface area contributed by atoms with Gasteiger partial charge in [-0.05, 0) is 0 Å². The Morgan fingerprint density at radius 2 is 2.11 bits per heavy atom. The lowest BCUT2D eigenvalue weighted by atomic mass is 10.2. The van der Waals surface area contributed by atoms with Gasteiger partial charge in [-0.1, -0.05) is 0 Å². The lowest BCUT2D eigenvalue weighted by Gasteiger charge is -2.12. The van der Waals surface area contributed by atoms with Crippen LogP contribution in [0.4, 0.5) is 0 Å². The number of aromatic nitrogens is 2. The first-order chi connectivity index (χ1) is 8.63. The van der Waals surface area contributed by atoms with Crippen molar-refractivity contribution in [3.8, 4) is 0 Å². The number of hydroxylamine groups is 2. The van der Waals surface area contributed by atoms with Gasteiger partial charge in [0, 0.05) is 33.9 Å². The highest BCUT2D eigenvalue weighted by Gasteiger charge is 2.19. The minimum Gasteiger partial charge on any atom is -0.384 e. The summed E-state index contributed by atoms with van der Waals surface area (Å²) in [7, 11) is 6.16. The van der Waals surface area contributed by atoms with E-state index in [0.717, 1.165) is 5.06 Å². The molecule has 1 rings (SSSR count). The second-order valence-corrected chi connectivity index (χ2v) is 3.67. The van der Waals surface area contributed by atoms with Crippen LogP contribution in [0.3, 0.4) is 0 Å². The molecule has 0 fully saturated rings. The molecule has 1 aromatic heterocycles. The number of carbonyl (C=O) groups is 1. The van der Waals surface area contributed by atoms with Crippen molar-refractivity contribution in [1.82, 2.24) is 14.8 Å². The van der Waals surface area contributed by atoms with E-state index in [0.29, 0.717) is 31.0 Å². The van der Waals surface area contributed by atoms with E-state index in [1.807, 2.05) is 0 Å². The van der Waals surface area contributed by atoms with Crippen molar-refractivity contribution in [2.45, 2.75) is 13.2 Å². The second kappa shape index (κ2) is 7.10. The van der Waals surface area contributed by atoms with Gasteiger partial charge in [-0.2, -0.15) is 5.10 Å². The Balaban J connectivity index is 2.94. The number of rotatable bonds is 7. The van der Waals surface area contributed by atoms with Crippen LogP contribution in [-0.4, -0.2) is 55.7 Å². The van der Waals surface area contributed by atoms with Gasteiger partial charge in [0.05, 0.1) is 25.0 Å². The average Bonchev–Trinajstić information content (AvgIpc) is 2.78. The Kier molecular flexibility index (Phi) is 5.76. The first-order valence-electron chi connectivity index (χ1n) is 5.50. The highest BCUT2D eigenvalue weighted by Crippen LogP contribution is 2.11. The fourth-order valence-electron chi connectivity index (χ4n) is 1.47. The summed E-state index contributed by atoms with van der Waals surface area (Å²) in [6, 6.07) is 0. The molecule has 0 aromatic carbocycles. The Labute approximate surface area is 106 Å². The molecular weight excluding hydrogens is 238 g/mol. The van der Waals surface area contributed by atoms with Crippen LogP contribution in [0.1, 0.15) is 16.1 Å². The molecule has 0 saturated heterocycles. The molecule has 0 unspecified atom stereocenters. The predicted molar refractivity (Wildman–Crippen MR) is 63.9 cm³/mol. The number of methoxy groups -OCH3 is 2. The highest BCUT2D eigenvalue weighted by molar-refractivity contribution is 5.94. The zero-order valence-electron chi connectivity index (χ0n) is 11.2. The molecule has 0 aliphatic heterocycles. The van der Waals surface area contributed by atoms with Crippen LogP contribution in [0.25, 0.3) is 0 Å². The number of ether oxygens (including phenoxy) is 2. The van der Waals surface area contributed by atoms with Gasteiger partial charge in [0.25, 0.3) is 5.91 Å². The van der Waals surface area contributed by atoms with Crippen LogP contribution in [0.5, 0.6) is 0 Å². The summed E-state index contributed by atoms with van der Waals surface area (Å²) in [6.07, 6.45) is 2.21. The maximum Gasteiger partial charge on any atom is 0.280 e. The molecule has 7 nitrogen and oxygen atoms in total. The molecule has 102 valence electrons. The smallest absolute Gasteiger partial charge is 0.280 e. The number of hydrogen-bond acceptors (Lipinski definition) is 5. The lowest BCUT2D eigenvalue weighted by Crippen LogP contribution is -2.26. The number of hydrogen-bond donors (Lipinski definition) is 0. The molecule has 0 aliphatic rings. The zero-order valence-corrected chi connectivity index (χ0v) is 11.2. The largest absolute Gasteiger partial charge is 0.384 e. The Bertz CT molecular complexity index is 392. The van der Waals surface area contributed by atoms with Crippen molar-refractivity contribution in [3.63, 3.8) is 0 Å². The minimum absolute atomic E-state index is 0.244. The molecule has 1 heterocycles. The maximum atomic E-state index is 12.0. The topological polar surface area (TPSA) is 65.8 Å². The Morgan fingerprint density at radius 3 is 2.67 bits per heavy atom. The van der Waals surface area contributed by atoms with Crippen LogP contribution in [-0.2, 0) is 27.5 Å². The van der Waals surface area contributed by atoms with E-state index in [4.69, 9.17) is 14.3 Å². The van der Waals surface area contributed by atoms with Crippen LogP contribution < -0.4 is 0 Å². The third-order valence-electron chi connectivity index (χ3n) is 2.43. The van der Waals surface area contributed by atoms with E-state index in [1.54, 1.807) is 32.1 Å². The van der Waals surface area contributed by atoms with Crippen molar-refractivity contribution >= 4 is 5.91 Å². The van der Waals surface area contributed by atoms with E-state index in [1.165, 1.54) is 7.11 Å². The third kappa shape index (κ3) is 3.52. The summed E-state index contributed by atoms with van der Waals surface area (Å²) >= 11 is 0. The summed E-state index contributed by atoms with van der Waals surface area (Å²) in [5.41, 5.74) is 1.16. The Morgan fingerprint density at radius 1 is 1.39 bits per heavy atom. The van der Waals surface area contributed by atoms with E-state index >= 15 is 0 Å². The van der Waals surface area contributed by atoms with Gasteiger partial charge in [-0.25, -0.2) is 9.75 Å². The standard InChI is InChI=1S/C11H19N3O4/c1-13(18-4)11(15)9-7-14(8-17-3)12-10(9)5-6-16-2/h7H,5-6,8H2,1-4H3. The van der Waals surface area contributed by atoms with E-state index in [2.05, 4.69) is 5.10 Å². The molecule has 0 saturated carbocycles. The molecule has 0 spiro atoms. The number of carbonyl (C=O) groups excluding carboxylic acids is 1. The van der Waals surface area contributed by atoms with Crippen LogP contribution in [0.15, 0.2) is 6.20 Å². The third-order valence-corrected chi connectivity index (χ3v) is 2.43. The molecule has 0 radical (unpaired) electrons. The zero-order chi connectivity index (χ0) is 13.5. The monoisotopic (exact) mass is 257 g/mol. The fraction of sp³-hybridized carbons (Fsp3) is 0.636. The number of nitrogens with zero attached hydrogens (tertiary/aromatic N) is 3. The summed E-state index contributed by atoms with van der Waals surface area (Å²) in [4.78, 5) is 16.9. The molecule has 18 heavy (non-hydrogen) atoms. The normalized spacial score (nSPS) is 10.7. The van der Waals surface area contributed by atoms with E-state index < -0.39 is 0 Å². The second-order valence-electron chi connectivity index (χ2n) is 3.67.